The normalized spacial score (nSPS) is 13.4. The Balaban J connectivity index is 4.97. The summed E-state index contributed by atoms with van der Waals surface area (Å²) < 4.78 is 30.8. The molecule has 6 heteroatoms. The van der Waals surface area contributed by atoms with E-state index in [-0.39, 0.29) is 0 Å². The van der Waals surface area contributed by atoms with Gasteiger partial charge < -0.3 is 14.6 Å². The molecule has 0 spiro atoms. The number of aliphatic carboxylic acids is 1. The molecule has 16 heavy (non-hydrogen) atoms. The molecule has 0 unspecified atom stereocenters. The first kappa shape index (κ1) is 14.8. The molecule has 0 amide bonds. The Morgan fingerprint density at radius 2 is 1.44 bits per heavy atom. The largest absolute Gasteiger partial charge is 0.544 e. The van der Waals surface area contributed by atoms with Crippen LogP contribution in [0.15, 0.2) is 0 Å². The van der Waals surface area contributed by atoms with E-state index in [9.17, 15) is 23.5 Å². The molecule has 0 aliphatic carbocycles. The van der Waals surface area contributed by atoms with Crippen molar-refractivity contribution in [1.29, 1.82) is 0 Å². The number of rotatable bonds is 3. The third-order valence-corrected chi connectivity index (χ3v) is 1.97. The molecule has 0 fully saturated rings. The number of hydrogen-bond donors (Lipinski definition) is 0. The van der Waals surface area contributed by atoms with Gasteiger partial charge in [-0.25, -0.2) is 0 Å². The van der Waals surface area contributed by atoms with Crippen LogP contribution in [0, 0.1) is 5.41 Å². The molecular formula is C10H15F2O4-. The van der Waals surface area contributed by atoms with Crippen molar-refractivity contribution in [2.24, 2.45) is 5.41 Å². The van der Waals surface area contributed by atoms with E-state index in [1.165, 1.54) is 20.8 Å². The van der Waals surface area contributed by atoms with Gasteiger partial charge in [0.05, 0.1) is 5.41 Å². The van der Waals surface area contributed by atoms with Gasteiger partial charge in [0.25, 0.3) is 0 Å². The minimum atomic E-state index is -4.24. The Morgan fingerprint density at radius 3 is 1.69 bits per heavy atom. The standard InChI is InChI=1S/C10H16F2O4/c1-8(2,3)7(15)16-9(4,5)10(11,12)6(13)14/h1-5H3,(H,13,14)/p-1. The van der Waals surface area contributed by atoms with Gasteiger partial charge in [0, 0.05) is 0 Å². The summed E-state index contributed by atoms with van der Waals surface area (Å²) in [5.74, 6) is -7.72. The zero-order valence-corrected chi connectivity index (χ0v) is 9.89. The molecule has 0 atom stereocenters. The van der Waals surface area contributed by atoms with Crippen LogP contribution in [0.25, 0.3) is 0 Å². The molecule has 0 heterocycles. The van der Waals surface area contributed by atoms with E-state index in [2.05, 4.69) is 4.74 Å². The summed E-state index contributed by atoms with van der Waals surface area (Å²) >= 11 is 0. The van der Waals surface area contributed by atoms with Crippen LogP contribution >= 0.6 is 0 Å². The van der Waals surface area contributed by atoms with E-state index in [1.807, 2.05) is 0 Å². The second-order valence-electron chi connectivity index (χ2n) is 5.01. The number of halogens is 2. The Morgan fingerprint density at radius 1 is 1.06 bits per heavy atom. The summed E-state index contributed by atoms with van der Waals surface area (Å²) in [5, 5.41) is 10.2. The van der Waals surface area contributed by atoms with Crippen molar-refractivity contribution in [3.05, 3.63) is 0 Å². The first-order valence-corrected chi connectivity index (χ1v) is 4.65. The van der Waals surface area contributed by atoms with E-state index >= 15 is 0 Å². The van der Waals surface area contributed by atoms with Crippen molar-refractivity contribution in [3.8, 4) is 0 Å². The minimum absolute atomic E-state index is 0.826. The van der Waals surface area contributed by atoms with Crippen molar-refractivity contribution in [2.45, 2.75) is 46.1 Å². The fraction of sp³-hybridized carbons (Fsp3) is 0.800. The van der Waals surface area contributed by atoms with Crippen LogP contribution in [-0.4, -0.2) is 23.5 Å². The van der Waals surface area contributed by atoms with Crippen molar-refractivity contribution in [2.75, 3.05) is 0 Å². The molecule has 0 rings (SSSR count). The average molecular weight is 237 g/mol. The number of alkyl halides is 2. The molecule has 0 bridgehead atoms. The van der Waals surface area contributed by atoms with Gasteiger partial charge in [-0.2, -0.15) is 8.78 Å². The van der Waals surface area contributed by atoms with Crippen LogP contribution in [0.2, 0.25) is 0 Å². The molecule has 0 aromatic rings. The lowest BCUT2D eigenvalue weighted by Crippen LogP contribution is -2.57. The maximum absolute atomic E-state index is 13.1. The first-order valence-electron chi connectivity index (χ1n) is 4.65. The number of carbonyl (C=O) groups excluding carboxylic acids is 2. The lowest BCUT2D eigenvalue weighted by molar-refractivity contribution is -0.342. The molecule has 0 saturated carbocycles. The summed E-state index contributed by atoms with van der Waals surface area (Å²) in [6, 6.07) is 0. The predicted octanol–water partition coefficient (Wildman–Crippen LogP) is 0.739. The van der Waals surface area contributed by atoms with E-state index < -0.39 is 28.9 Å². The lowest BCUT2D eigenvalue weighted by Gasteiger charge is -2.35. The molecule has 0 aromatic carbocycles. The second-order valence-corrected chi connectivity index (χ2v) is 5.01. The topological polar surface area (TPSA) is 66.4 Å². The molecule has 94 valence electrons. The van der Waals surface area contributed by atoms with Gasteiger partial charge in [0.2, 0.25) is 0 Å². The third-order valence-electron chi connectivity index (χ3n) is 1.97. The average Bonchev–Trinajstić information content (AvgIpc) is 2.00. The summed E-state index contributed by atoms with van der Waals surface area (Å²) in [6.07, 6.45) is 0. The SMILES string of the molecule is CC(C)(C)C(=O)OC(C)(C)C(F)(F)C(=O)[O-]. The highest BCUT2D eigenvalue weighted by Gasteiger charge is 2.52. The molecule has 4 nitrogen and oxygen atoms in total. The highest BCUT2D eigenvalue weighted by molar-refractivity contribution is 5.79. The lowest BCUT2D eigenvalue weighted by atomic mass is 9.95. The number of hydrogen-bond acceptors (Lipinski definition) is 4. The molecule has 0 radical (unpaired) electrons. The highest BCUT2D eigenvalue weighted by Crippen LogP contribution is 2.33. The Bertz CT molecular complexity index is 302. The van der Waals surface area contributed by atoms with E-state index in [0.29, 0.717) is 0 Å². The van der Waals surface area contributed by atoms with E-state index in [4.69, 9.17) is 0 Å². The van der Waals surface area contributed by atoms with Crippen LogP contribution in [-0.2, 0) is 14.3 Å². The fourth-order valence-electron chi connectivity index (χ4n) is 0.695. The minimum Gasteiger partial charge on any atom is -0.544 e. The quantitative estimate of drug-likeness (QED) is 0.679. The molecule has 0 saturated heterocycles. The zero-order valence-electron chi connectivity index (χ0n) is 9.89. The van der Waals surface area contributed by atoms with E-state index in [0.717, 1.165) is 13.8 Å². The molecular weight excluding hydrogens is 222 g/mol. The smallest absolute Gasteiger partial charge is 0.325 e. The maximum Gasteiger partial charge on any atom is 0.325 e. The van der Waals surface area contributed by atoms with Gasteiger partial charge >= 0.3 is 11.9 Å². The number of esters is 1. The van der Waals surface area contributed by atoms with Crippen molar-refractivity contribution < 1.29 is 28.2 Å². The van der Waals surface area contributed by atoms with Crippen LogP contribution in [0.5, 0.6) is 0 Å². The highest BCUT2D eigenvalue weighted by atomic mass is 19.3. The van der Waals surface area contributed by atoms with Crippen molar-refractivity contribution in [3.63, 3.8) is 0 Å². The Labute approximate surface area is 92.6 Å². The van der Waals surface area contributed by atoms with Gasteiger partial charge in [0.1, 0.15) is 5.97 Å². The summed E-state index contributed by atoms with van der Waals surface area (Å²) in [7, 11) is 0. The monoisotopic (exact) mass is 237 g/mol. The number of carbonyl (C=O) groups is 2. The van der Waals surface area contributed by atoms with Crippen LogP contribution in [0.1, 0.15) is 34.6 Å². The van der Waals surface area contributed by atoms with Crippen molar-refractivity contribution >= 4 is 11.9 Å². The number of carboxylic acids is 1. The number of carboxylic acid groups (broad SMARTS) is 1. The van der Waals surface area contributed by atoms with Gasteiger partial charge in [-0.1, -0.05) is 0 Å². The van der Waals surface area contributed by atoms with Gasteiger partial charge in [-0.15, -0.1) is 0 Å². The fourth-order valence-corrected chi connectivity index (χ4v) is 0.695. The maximum atomic E-state index is 13.1. The van der Waals surface area contributed by atoms with E-state index in [1.54, 1.807) is 0 Å². The van der Waals surface area contributed by atoms with Gasteiger partial charge in [0.15, 0.2) is 5.60 Å². The second kappa shape index (κ2) is 3.99. The van der Waals surface area contributed by atoms with Gasteiger partial charge in [-0.3, -0.25) is 4.79 Å². The Hall–Kier alpha value is -1.20. The van der Waals surface area contributed by atoms with Gasteiger partial charge in [-0.05, 0) is 34.6 Å². The molecule has 0 aliphatic heterocycles. The Kier molecular flexibility index (Phi) is 3.69. The summed E-state index contributed by atoms with van der Waals surface area (Å²) in [4.78, 5) is 21.6. The van der Waals surface area contributed by atoms with Crippen LogP contribution in [0.4, 0.5) is 8.78 Å². The summed E-state index contributed by atoms with van der Waals surface area (Å²) in [5.41, 5.74) is -3.44. The molecule has 0 N–H and O–H groups in total. The summed E-state index contributed by atoms with van der Waals surface area (Å²) in [6.45, 7) is 6.08. The van der Waals surface area contributed by atoms with Crippen LogP contribution < -0.4 is 5.11 Å². The zero-order chi connectivity index (χ0) is 13.4. The van der Waals surface area contributed by atoms with Crippen LogP contribution in [0.3, 0.4) is 0 Å². The number of ether oxygens (including phenoxy) is 1. The first-order chi connectivity index (χ1) is 6.82. The van der Waals surface area contributed by atoms with Crippen molar-refractivity contribution in [1.82, 2.24) is 0 Å². The predicted molar refractivity (Wildman–Crippen MR) is 49.6 cm³/mol. The molecule has 0 aliphatic rings. The third kappa shape index (κ3) is 2.90. The molecule has 0 aromatic heterocycles.